The predicted molar refractivity (Wildman–Crippen MR) is 68.4 cm³/mol. The molecule has 0 aromatic carbocycles. The third kappa shape index (κ3) is 1.50. The van der Waals surface area contributed by atoms with Crippen molar-refractivity contribution in [3.8, 4) is 0 Å². The molecule has 0 aromatic heterocycles. The molecule has 0 unspecified atom stereocenters. The summed E-state index contributed by atoms with van der Waals surface area (Å²) < 4.78 is 21.0. The summed E-state index contributed by atoms with van der Waals surface area (Å²) in [6, 6.07) is 0. The Morgan fingerprint density at radius 2 is 1.15 bits per heavy atom. The number of carbonyl (C=O) groups is 2. The highest BCUT2D eigenvalue weighted by Gasteiger charge is 2.64. The normalized spacial score (nSPS) is 31.7. The van der Waals surface area contributed by atoms with Gasteiger partial charge >= 0.3 is 11.9 Å². The number of rotatable bonds is 2. The zero-order valence-electron chi connectivity index (χ0n) is 12.4. The largest absolute Gasteiger partial charge is 0.471 e. The van der Waals surface area contributed by atoms with E-state index < -0.39 is 23.1 Å². The van der Waals surface area contributed by atoms with Crippen LogP contribution in [0.15, 0.2) is 22.7 Å². The fraction of sp³-hybridized carbons (Fsp3) is 0.571. The second kappa shape index (κ2) is 4.26. The molecule has 20 heavy (non-hydrogen) atoms. The van der Waals surface area contributed by atoms with Gasteiger partial charge in [-0.15, -0.1) is 0 Å². The van der Waals surface area contributed by atoms with Crippen LogP contribution < -0.4 is 0 Å². The Kier molecular flexibility index (Phi) is 3.07. The quantitative estimate of drug-likeness (QED) is 0.714. The fourth-order valence-corrected chi connectivity index (χ4v) is 2.63. The summed E-state index contributed by atoms with van der Waals surface area (Å²) in [5.74, 6) is -0.868. The molecule has 6 heteroatoms. The van der Waals surface area contributed by atoms with Gasteiger partial charge in [0.15, 0.2) is 11.2 Å². The molecule has 0 saturated heterocycles. The lowest BCUT2D eigenvalue weighted by Crippen LogP contribution is -2.46. The summed E-state index contributed by atoms with van der Waals surface area (Å²) in [5, 5.41) is 0. The van der Waals surface area contributed by atoms with Gasteiger partial charge in [-0.3, -0.25) is 0 Å². The van der Waals surface area contributed by atoms with Crippen molar-refractivity contribution >= 4 is 11.9 Å². The first-order valence-corrected chi connectivity index (χ1v) is 6.20. The Morgan fingerprint density at radius 1 is 0.850 bits per heavy atom. The number of esters is 2. The highest BCUT2D eigenvalue weighted by molar-refractivity contribution is 5.91. The minimum atomic E-state index is -0.940. The third-order valence-electron chi connectivity index (χ3n) is 4.38. The van der Waals surface area contributed by atoms with Gasteiger partial charge < -0.3 is 18.9 Å². The summed E-state index contributed by atoms with van der Waals surface area (Å²) in [5.41, 5.74) is -0.705. The van der Waals surface area contributed by atoms with Crippen molar-refractivity contribution in [2.75, 3.05) is 14.2 Å². The second-order valence-electron chi connectivity index (χ2n) is 5.16. The maximum absolute atomic E-state index is 11.7. The molecule has 6 nitrogen and oxygen atoms in total. The molecule has 0 bridgehead atoms. The van der Waals surface area contributed by atoms with E-state index in [1.54, 1.807) is 27.7 Å². The topological polar surface area (TPSA) is 71.1 Å². The van der Waals surface area contributed by atoms with Gasteiger partial charge in [0.25, 0.3) is 0 Å². The molecule has 0 radical (unpaired) electrons. The first-order chi connectivity index (χ1) is 9.22. The summed E-state index contributed by atoms with van der Waals surface area (Å²) in [4.78, 5) is 23.5. The van der Waals surface area contributed by atoms with Gasteiger partial charge in [0.1, 0.15) is 0 Å². The maximum atomic E-state index is 11.7. The first-order valence-electron chi connectivity index (χ1n) is 6.20. The van der Waals surface area contributed by atoms with Crippen LogP contribution in [0.4, 0.5) is 0 Å². The van der Waals surface area contributed by atoms with Crippen molar-refractivity contribution in [2.24, 2.45) is 0 Å². The number of methoxy groups -OCH3 is 2. The van der Waals surface area contributed by atoms with Crippen molar-refractivity contribution in [3.05, 3.63) is 22.7 Å². The summed E-state index contributed by atoms with van der Waals surface area (Å²) >= 11 is 0. The van der Waals surface area contributed by atoms with Gasteiger partial charge in [-0.05, 0) is 27.7 Å². The van der Waals surface area contributed by atoms with E-state index in [9.17, 15) is 9.59 Å². The predicted octanol–water partition coefficient (Wildman–Crippen LogP) is 1.46. The highest BCUT2D eigenvalue weighted by Crippen LogP contribution is 2.55. The number of carbonyl (C=O) groups excluding carboxylic acids is 2. The minimum Gasteiger partial charge on any atom is -0.471 e. The van der Waals surface area contributed by atoms with Crippen LogP contribution in [0.1, 0.15) is 27.7 Å². The van der Waals surface area contributed by atoms with Gasteiger partial charge in [0.05, 0.1) is 14.2 Å². The van der Waals surface area contributed by atoms with Crippen LogP contribution in [0.5, 0.6) is 0 Å². The van der Waals surface area contributed by atoms with Gasteiger partial charge in [0.2, 0.25) is 11.5 Å². The zero-order valence-corrected chi connectivity index (χ0v) is 12.4. The average molecular weight is 282 g/mol. The van der Waals surface area contributed by atoms with E-state index in [4.69, 9.17) is 18.9 Å². The highest BCUT2D eigenvalue weighted by atomic mass is 16.6. The Bertz CT molecular complexity index is 508. The van der Waals surface area contributed by atoms with Crippen LogP contribution in [0.2, 0.25) is 0 Å². The van der Waals surface area contributed by atoms with Crippen molar-refractivity contribution in [3.63, 3.8) is 0 Å². The molecule has 2 heterocycles. The zero-order chi connectivity index (χ0) is 15.3. The Morgan fingerprint density at radius 3 is 1.40 bits per heavy atom. The van der Waals surface area contributed by atoms with E-state index in [1.165, 1.54) is 14.2 Å². The van der Waals surface area contributed by atoms with Crippen LogP contribution in [-0.2, 0) is 28.5 Å². The van der Waals surface area contributed by atoms with Gasteiger partial charge in [-0.25, -0.2) is 9.59 Å². The van der Waals surface area contributed by atoms with Crippen LogP contribution in [-0.4, -0.2) is 37.4 Å². The molecule has 0 aliphatic carbocycles. The van der Waals surface area contributed by atoms with Crippen LogP contribution in [0.3, 0.4) is 0 Å². The molecule has 0 aromatic rings. The lowest BCUT2D eigenvalue weighted by molar-refractivity contribution is -0.145. The average Bonchev–Trinajstić information content (AvgIpc) is 2.76. The van der Waals surface area contributed by atoms with E-state index in [-0.39, 0.29) is 11.5 Å². The molecule has 0 N–H and O–H groups in total. The molecule has 2 aliphatic heterocycles. The molecule has 0 saturated carbocycles. The molecular weight excluding hydrogens is 264 g/mol. The first kappa shape index (κ1) is 14.4. The molecule has 2 aliphatic rings. The lowest BCUT2D eigenvalue weighted by atomic mass is 9.79. The standard InChI is InChI=1S/C14H18O6/c1-7-9(11(15)17-5)19-14(4)8(2)10(12(16)18-6)20-13(7,14)3/h1-6H3/t13-,14-/m0/s1. The van der Waals surface area contributed by atoms with Crippen molar-refractivity contribution in [1.29, 1.82) is 0 Å². The SMILES string of the molecule is COC(=O)C1=C(C)[C@]2(C)OC(C(=O)OC)=C(C)[C@]2(C)O1. The molecule has 0 fully saturated rings. The third-order valence-corrected chi connectivity index (χ3v) is 4.38. The van der Waals surface area contributed by atoms with Crippen molar-refractivity contribution < 1.29 is 28.5 Å². The summed E-state index contributed by atoms with van der Waals surface area (Å²) in [6.07, 6.45) is 0. The summed E-state index contributed by atoms with van der Waals surface area (Å²) in [7, 11) is 2.57. The van der Waals surface area contributed by atoms with Crippen molar-refractivity contribution in [2.45, 2.75) is 38.9 Å². The molecular formula is C14H18O6. The molecule has 110 valence electrons. The smallest absolute Gasteiger partial charge is 0.373 e. The Balaban J connectivity index is 2.50. The molecule has 2 rings (SSSR count). The Hall–Kier alpha value is -1.98. The van der Waals surface area contributed by atoms with E-state index in [2.05, 4.69) is 0 Å². The van der Waals surface area contributed by atoms with Crippen molar-refractivity contribution in [1.82, 2.24) is 0 Å². The maximum Gasteiger partial charge on any atom is 0.373 e. The molecule has 0 spiro atoms. The van der Waals surface area contributed by atoms with Crippen LogP contribution in [0, 0.1) is 0 Å². The lowest BCUT2D eigenvalue weighted by Gasteiger charge is -2.33. The monoisotopic (exact) mass is 282 g/mol. The number of fused-ring (bicyclic) bond motifs is 1. The fourth-order valence-electron chi connectivity index (χ4n) is 2.63. The minimum absolute atomic E-state index is 0.126. The van der Waals surface area contributed by atoms with E-state index >= 15 is 0 Å². The Labute approximate surface area is 117 Å². The number of hydrogen-bond donors (Lipinski definition) is 0. The van der Waals surface area contributed by atoms with Crippen LogP contribution in [0.25, 0.3) is 0 Å². The molecule has 2 atom stereocenters. The summed E-state index contributed by atoms with van der Waals surface area (Å²) in [6.45, 7) is 7.01. The van der Waals surface area contributed by atoms with Gasteiger partial charge in [-0.1, -0.05) is 0 Å². The van der Waals surface area contributed by atoms with E-state index in [1.807, 2.05) is 0 Å². The van der Waals surface area contributed by atoms with Crippen LogP contribution >= 0.6 is 0 Å². The number of ether oxygens (including phenoxy) is 4. The van der Waals surface area contributed by atoms with E-state index in [0.29, 0.717) is 11.1 Å². The van der Waals surface area contributed by atoms with Gasteiger partial charge in [0, 0.05) is 11.1 Å². The van der Waals surface area contributed by atoms with E-state index in [0.717, 1.165) is 0 Å². The second-order valence-corrected chi connectivity index (χ2v) is 5.16. The van der Waals surface area contributed by atoms with Gasteiger partial charge in [-0.2, -0.15) is 0 Å². The number of hydrogen-bond acceptors (Lipinski definition) is 6. The molecule has 0 amide bonds.